The molecule has 1 fully saturated rings. The maximum atomic E-state index is 12.1. The van der Waals surface area contributed by atoms with Gasteiger partial charge in [-0.25, -0.2) is 0 Å². The molecule has 0 radical (unpaired) electrons. The SMILES string of the molecule is O=C1C=C(CC2CCCCC2)O/C(=C2/C=C(O)C(O)=CC2=O)C1=O. The van der Waals surface area contributed by atoms with E-state index in [0.717, 1.165) is 37.8 Å². The monoisotopic (exact) mass is 330 g/mol. The minimum absolute atomic E-state index is 0.224. The summed E-state index contributed by atoms with van der Waals surface area (Å²) in [5.41, 5.74) is -0.224. The van der Waals surface area contributed by atoms with E-state index in [2.05, 4.69) is 0 Å². The highest BCUT2D eigenvalue weighted by atomic mass is 16.5. The second kappa shape index (κ2) is 6.47. The molecule has 0 saturated heterocycles. The zero-order valence-corrected chi connectivity index (χ0v) is 13.1. The first-order valence-electron chi connectivity index (χ1n) is 8.03. The van der Waals surface area contributed by atoms with Crippen molar-refractivity contribution in [1.29, 1.82) is 0 Å². The fourth-order valence-corrected chi connectivity index (χ4v) is 3.22. The summed E-state index contributed by atoms with van der Waals surface area (Å²) in [4.78, 5) is 36.0. The van der Waals surface area contributed by atoms with Crippen molar-refractivity contribution in [1.82, 2.24) is 0 Å². The normalized spacial score (nSPS) is 25.8. The third-order valence-electron chi connectivity index (χ3n) is 4.49. The quantitative estimate of drug-likeness (QED) is 0.596. The number of hydrogen-bond donors (Lipinski definition) is 2. The Labute approximate surface area is 138 Å². The van der Waals surface area contributed by atoms with Gasteiger partial charge in [0.15, 0.2) is 23.1 Å². The molecule has 2 aliphatic carbocycles. The summed E-state index contributed by atoms with van der Waals surface area (Å²) in [5, 5.41) is 18.9. The number of rotatable bonds is 2. The highest BCUT2D eigenvalue weighted by Gasteiger charge is 2.33. The minimum atomic E-state index is -0.926. The van der Waals surface area contributed by atoms with Crippen LogP contribution < -0.4 is 0 Å². The van der Waals surface area contributed by atoms with Crippen LogP contribution in [0.5, 0.6) is 0 Å². The first kappa shape index (κ1) is 16.2. The lowest BCUT2D eigenvalue weighted by Gasteiger charge is -2.25. The minimum Gasteiger partial charge on any atom is -0.504 e. The van der Waals surface area contributed by atoms with Gasteiger partial charge in [-0.1, -0.05) is 32.1 Å². The lowest BCUT2D eigenvalue weighted by molar-refractivity contribution is -0.134. The van der Waals surface area contributed by atoms with Crippen LogP contribution in [0.3, 0.4) is 0 Å². The molecule has 6 nitrogen and oxygen atoms in total. The van der Waals surface area contributed by atoms with E-state index >= 15 is 0 Å². The highest BCUT2D eigenvalue weighted by molar-refractivity contribution is 6.48. The van der Waals surface area contributed by atoms with Crippen LogP contribution in [0.2, 0.25) is 0 Å². The van der Waals surface area contributed by atoms with Crippen molar-refractivity contribution in [2.75, 3.05) is 0 Å². The predicted molar refractivity (Wildman–Crippen MR) is 83.8 cm³/mol. The Morgan fingerprint density at radius 2 is 1.58 bits per heavy atom. The molecule has 0 bridgehead atoms. The van der Waals surface area contributed by atoms with Crippen molar-refractivity contribution in [3.8, 4) is 0 Å². The summed E-state index contributed by atoms with van der Waals surface area (Å²) in [5.74, 6) is -3.12. The fraction of sp³-hybridized carbons (Fsp3) is 0.389. The summed E-state index contributed by atoms with van der Waals surface area (Å²) >= 11 is 0. The molecule has 2 N–H and O–H groups in total. The number of carbonyl (C=O) groups excluding carboxylic acids is 3. The molecule has 0 aromatic rings. The Morgan fingerprint density at radius 1 is 0.917 bits per heavy atom. The zero-order valence-electron chi connectivity index (χ0n) is 13.1. The number of allylic oxidation sites excluding steroid dienone is 6. The molecule has 0 unspecified atom stereocenters. The van der Waals surface area contributed by atoms with Gasteiger partial charge in [0.1, 0.15) is 5.76 Å². The van der Waals surface area contributed by atoms with Gasteiger partial charge in [0.25, 0.3) is 5.78 Å². The third-order valence-corrected chi connectivity index (χ3v) is 4.49. The summed E-state index contributed by atoms with van der Waals surface area (Å²) in [6.07, 6.45) is 9.04. The van der Waals surface area contributed by atoms with Crippen LogP contribution in [0.15, 0.2) is 46.8 Å². The van der Waals surface area contributed by atoms with E-state index in [0.29, 0.717) is 18.1 Å². The molecule has 0 aromatic carbocycles. The summed E-state index contributed by atoms with van der Waals surface area (Å²) in [6.45, 7) is 0. The molecule has 1 heterocycles. The van der Waals surface area contributed by atoms with Crippen LogP contribution in [-0.4, -0.2) is 27.6 Å². The smallest absolute Gasteiger partial charge is 0.268 e. The van der Waals surface area contributed by atoms with Crippen molar-refractivity contribution in [2.45, 2.75) is 38.5 Å². The van der Waals surface area contributed by atoms with E-state index in [1.54, 1.807) is 0 Å². The second-order valence-electron chi connectivity index (χ2n) is 6.28. The third kappa shape index (κ3) is 3.18. The first-order chi connectivity index (χ1) is 11.5. The van der Waals surface area contributed by atoms with Gasteiger partial charge in [0.05, 0.1) is 5.57 Å². The molecule has 0 spiro atoms. The number of carbonyl (C=O) groups is 3. The first-order valence-corrected chi connectivity index (χ1v) is 8.03. The van der Waals surface area contributed by atoms with Crippen LogP contribution >= 0.6 is 0 Å². The number of hydrogen-bond acceptors (Lipinski definition) is 6. The van der Waals surface area contributed by atoms with Crippen LogP contribution in [0.25, 0.3) is 0 Å². The Balaban J connectivity index is 1.88. The number of Topliss-reactive ketones (excluding diaryl/α,β-unsaturated/α-hetero) is 1. The van der Waals surface area contributed by atoms with Crippen molar-refractivity contribution in [3.63, 3.8) is 0 Å². The van der Waals surface area contributed by atoms with E-state index < -0.39 is 28.9 Å². The van der Waals surface area contributed by atoms with E-state index in [-0.39, 0.29) is 11.3 Å². The average Bonchev–Trinajstić information content (AvgIpc) is 2.55. The molecule has 6 heteroatoms. The molecular weight excluding hydrogens is 312 g/mol. The molecule has 3 rings (SSSR count). The average molecular weight is 330 g/mol. The summed E-state index contributed by atoms with van der Waals surface area (Å²) in [6, 6.07) is 0. The lowest BCUT2D eigenvalue weighted by Crippen LogP contribution is -2.26. The molecular formula is C18H18O6. The van der Waals surface area contributed by atoms with Gasteiger partial charge >= 0.3 is 0 Å². The fourth-order valence-electron chi connectivity index (χ4n) is 3.22. The van der Waals surface area contributed by atoms with Gasteiger partial charge in [0.2, 0.25) is 5.78 Å². The molecule has 24 heavy (non-hydrogen) atoms. The molecule has 1 saturated carbocycles. The van der Waals surface area contributed by atoms with Gasteiger partial charge in [-0.3, -0.25) is 14.4 Å². The Hall–Kier alpha value is -2.63. The predicted octanol–water partition coefficient (Wildman–Crippen LogP) is 2.73. The molecule has 1 aliphatic heterocycles. The van der Waals surface area contributed by atoms with Gasteiger partial charge in [-0.15, -0.1) is 0 Å². The topological polar surface area (TPSA) is 101 Å². The molecule has 0 atom stereocenters. The summed E-state index contributed by atoms with van der Waals surface area (Å²) < 4.78 is 5.55. The van der Waals surface area contributed by atoms with Crippen molar-refractivity contribution < 1.29 is 29.3 Å². The summed E-state index contributed by atoms with van der Waals surface area (Å²) in [7, 11) is 0. The zero-order chi connectivity index (χ0) is 17.3. The van der Waals surface area contributed by atoms with Gasteiger partial charge in [-0.05, 0) is 12.0 Å². The Bertz CT molecular complexity index is 729. The van der Waals surface area contributed by atoms with E-state index in [1.807, 2.05) is 0 Å². The van der Waals surface area contributed by atoms with Crippen LogP contribution in [0.4, 0.5) is 0 Å². The van der Waals surface area contributed by atoms with E-state index in [4.69, 9.17) is 4.74 Å². The molecule has 0 amide bonds. The Morgan fingerprint density at radius 3 is 2.29 bits per heavy atom. The number of aliphatic hydroxyl groups is 2. The van der Waals surface area contributed by atoms with Crippen LogP contribution in [-0.2, 0) is 19.1 Å². The number of aliphatic hydroxyl groups excluding tert-OH is 2. The van der Waals surface area contributed by atoms with Crippen LogP contribution in [0.1, 0.15) is 38.5 Å². The maximum absolute atomic E-state index is 12.1. The highest BCUT2D eigenvalue weighted by Crippen LogP contribution is 2.32. The molecule has 126 valence electrons. The number of ether oxygens (including phenoxy) is 1. The van der Waals surface area contributed by atoms with E-state index in [9.17, 15) is 24.6 Å². The maximum Gasteiger partial charge on any atom is 0.268 e. The second-order valence-corrected chi connectivity index (χ2v) is 6.28. The van der Waals surface area contributed by atoms with Crippen molar-refractivity contribution in [2.24, 2.45) is 5.92 Å². The Kier molecular flexibility index (Phi) is 4.38. The van der Waals surface area contributed by atoms with Gasteiger partial charge in [-0.2, -0.15) is 0 Å². The standard InChI is InChI=1S/C18H18O6/c19-13-9-15(21)14(20)8-12(13)18-17(23)16(22)7-11(24-18)6-10-4-2-1-3-5-10/h7-10,20-21H,1-6H2/b18-12-. The molecule has 0 aromatic heterocycles. The van der Waals surface area contributed by atoms with Gasteiger partial charge in [0, 0.05) is 18.6 Å². The number of ketones is 3. The van der Waals surface area contributed by atoms with Crippen molar-refractivity contribution >= 4 is 17.3 Å². The van der Waals surface area contributed by atoms with Gasteiger partial charge < -0.3 is 14.9 Å². The van der Waals surface area contributed by atoms with E-state index in [1.165, 1.54) is 12.5 Å². The van der Waals surface area contributed by atoms with Crippen LogP contribution in [0, 0.1) is 5.92 Å². The molecule has 3 aliphatic rings. The largest absolute Gasteiger partial charge is 0.504 e. The lowest BCUT2D eigenvalue weighted by atomic mass is 9.86. The van der Waals surface area contributed by atoms with Crippen molar-refractivity contribution in [3.05, 3.63) is 46.8 Å².